The van der Waals surface area contributed by atoms with Gasteiger partial charge in [-0.25, -0.2) is 4.98 Å². The second kappa shape index (κ2) is 17.0. The Kier molecular flexibility index (Phi) is 10.6. The van der Waals surface area contributed by atoms with Crippen LogP contribution in [0.4, 0.5) is 0 Å². The van der Waals surface area contributed by atoms with Crippen LogP contribution in [0.3, 0.4) is 0 Å². The Morgan fingerprint density at radius 3 is 2.23 bits per heavy atom. The number of fused-ring (bicyclic) bond motifs is 4. The minimum absolute atomic E-state index is 0. The average molecular weight is 952 g/mol. The summed E-state index contributed by atoms with van der Waals surface area (Å²) in [5.41, 5.74) is 11.2. The van der Waals surface area contributed by atoms with Crippen LogP contribution in [0.5, 0.6) is 0 Å². The maximum Gasteiger partial charge on any atom is 0.216 e. The molecular formula is C50H54IrN4OSi-2. The van der Waals surface area contributed by atoms with Gasteiger partial charge in [0, 0.05) is 49.9 Å². The van der Waals surface area contributed by atoms with Crippen LogP contribution >= 0.6 is 0 Å². The minimum Gasteiger partial charge on any atom is -0.486 e. The van der Waals surface area contributed by atoms with Crippen molar-refractivity contribution >= 4 is 46.4 Å². The predicted octanol–water partition coefficient (Wildman–Crippen LogP) is 12.9. The molecule has 1 radical (unpaired) electrons. The third-order valence-corrected chi connectivity index (χ3v) is 12.0. The van der Waals surface area contributed by atoms with E-state index in [0.29, 0.717) is 34.4 Å². The summed E-state index contributed by atoms with van der Waals surface area (Å²) in [6, 6.07) is 36.1. The Hall–Kier alpha value is -4.68. The fourth-order valence-corrected chi connectivity index (χ4v) is 8.69. The molecule has 4 heterocycles. The van der Waals surface area contributed by atoms with Crippen molar-refractivity contribution in [1.82, 2.24) is 19.5 Å². The van der Waals surface area contributed by atoms with Gasteiger partial charge >= 0.3 is 0 Å². The molecule has 0 aliphatic carbocycles. The van der Waals surface area contributed by atoms with Gasteiger partial charge in [0.2, 0.25) is 5.71 Å². The van der Waals surface area contributed by atoms with E-state index in [1.807, 2.05) is 45.0 Å². The molecule has 8 rings (SSSR count). The molecule has 0 aliphatic heterocycles. The van der Waals surface area contributed by atoms with Crippen molar-refractivity contribution in [3.63, 3.8) is 0 Å². The first kappa shape index (κ1) is 35.5. The molecule has 0 spiro atoms. The normalized spacial score (nSPS) is 13.6. The van der Waals surface area contributed by atoms with Crippen molar-refractivity contribution in [2.24, 2.45) is 5.92 Å². The first-order valence-corrected chi connectivity index (χ1v) is 23.0. The van der Waals surface area contributed by atoms with E-state index in [4.69, 9.17) is 16.3 Å². The maximum atomic E-state index is 8.59. The molecule has 0 amide bonds. The van der Waals surface area contributed by atoms with E-state index in [2.05, 4.69) is 123 Å². The van der Waals surface area contributed by atoms with Crippen LogP contribution in [0.25, 0.3) is 61.4 Å². The zero-order chi connectivity index (χ0) is 44.2. The van der Waals surface area contributed by atoms with E-state index < -0.39 is 21.3 Å². The molecule has 0 unspecified atom stereocenters. The van der Waals surface area contributed by atoms with Gasteiger partial charge in [-0.2, -0.15) is 0 Å². The summed E-state index contributed by atoms with van der Waals surface area (Å²) >= 11 is 0. The third kappa shape index (κ3) is 8.62. The third-order valence-electron chi connectivity index (χ3n) is 10.0. The topological polar surface area (TPSA) is 56.7 Å². The monoisotopic (exact) mass is 952 g/mol. The second-order valence-corrected chi connectivity index (χ2v) is 21.6. The quantitative estimate of drug-likeness (QED) is 0.112. The van der Waals surface area contributed by atoms with E-state index in [0.717, 1.165) is 49.7 Å². The zero-order valence-corrected chi connectivity index (χ0v) is 37.9. The minimum atomic E-state index is -2.16. The number of pyridine rings is 2. The van der Waals surface area contributed by atoms with Crippen molar-refractivity contribution in [3.05, 3.63) is 137 Å². The maximum absolute atomic E-state index is 8.59. The Balaban J connectivity index is 0.000000214. The summed E-state index contributed by atoms with van der Waals surface area (Å²) in [6.45, 7) is 19.1. The molecule has 0 saturated carbocycles. The Morgan fingerprint density at radius 2 is 1.58 bits per heavy atom. The van der Waals surface area contributed by atoms with Crippen LogP contribution in [-0.2, 0) is 26.5 Å². The SMILES string of the molecule is Cc1ccc2c(n1)oc1c(-c3nc4ccccc4n3-c3c(C(C)C)cccc3C(C)C)[c-]ccc12.[2H]C([2H])([2H])c1c[c-]c(-c2cc(C([2H])([2H])C(C)C)c([Si](C)(C)C)cn2)cc1.[Ir]. The summed E-state index contributed by atoms with van der Waals surface area (Å²) in [4.78, 5) is 14.3. The van der Waals surface area contributed by atoms with Gasteiger partial charge in [0.15, 0.2) is 0 Å². The predicted molar refractivity (Wildman–Crippen MR) is 238 cm³/mol. The van der Waals surface area contributed by atoms with Gasteiger partial charge in [-0.15, -0.1) is 53.6 Å². The van der Waals surface area contributed by atoms with Gasteiger partial charge in [-0.05, 0) is 77.3 Å². The van der Waals surface area contributed by atoms with E-state index in [-0.39, 0.29) is 31.6 Å². The van der Waals surface area contributed by atoms with Crippen LogP contribution in [0.1, 0.15) is 88.2 Å². The Labute approximate surface area is 360 Å². The summed E-state index contributed by atoms with van der Waals surface area (Å²) in [5, 5.41) is 3.05. The second-order valence-electron chi connectivity index (χ2n) is 16.5. The summed E-state index contributed by atoms with van der Waals surface area (Å²) < 4.78 is 48.3. The molecule has 295 valence electrons. The number of aryl methyl sites for hydroxylation is 2. The van der Waals surface area contributed by atoms with Gasteiger partial charge in [-0.1, -0.05) is 121 Å². The number of nitrogens with zero attached hydrogens (tertiary/aromatic N) is 4. The molecule has 4 aromatic heterocycles. The van der Waals surface area contributed by atoms with E-state index in [1.165, 1.54) is 22.9 Å². The summed E-state index contributed by atoms with van der Waals surface area (Å²) in [6.07, 6.45) is 0.328. The van der Waals surface area contributed by atoms with Crippen LogP contribution in [-0.4, -0.2) is 27.6 Å². The molecule has 0 saturated heterocycles. The van der Waals surface area contributed by atoms with Crippen LogP contribution in [0, 0.1) is 31.8 Å². The molecule has 0 bridgehead atoms. The van der Waals surface area contributed by atoms with Gasteiger partial charge in [0.1, 0.15) is 0 Å². The zero-order valence-electron chi connectivity index (χ0n) is 39.5. The number of benzene rings is 4. The Bertz CT molecular complexity index is 2850. The summed E-state index contributed by atoms with van der Waals surface area (Å²) in [7, 11) is -1.78. The number of para-hydroxylation sites is 3. The molecule has 8 aromatic rings. The molecule has 4 aromatic carbocycles. The molecule has 0 fully saturated rings. The molecule has 5 nitrogen and oxygen atoms in total. The van der Waals surface area contributed by atoms with Gasteiger partial charge in [0.05, 0.1) is 30.5 Å². The van der Waals surface area contributed by atoms with Crippen LogP contribution < -0.4 is 5.19 Å². The molecular weight excluding hydrogens is 893 g/mol. The fourth-order valence-electron chi connectivity index (χ4n) is 7.29. The number of hydrogen-bond acceptors (Lipinski definition) is 4. The first-order chi connectivity index (χ1) is 28.7. The van der Waals surface area contributed by atoms with Gasteiger partial charge < -0.3 is 14.0 Å². The van der Waals surface area contributed by atoms with Crippen molar-refractivity contribution < 1.29 is 31.4 Å². The standard InChI is InChI=1S/C31H28N3O.C19H26NSi.Ir/c1-18(2)21-10-8-11-22(19(3)4)28(21)34-27-15-7-6-14-26(27)33-30(34)25-13-9-12-23-24-17-16-20(5)32-31(24)35-29(23)25;1-14(2)11-17-12-18(16-9-7-15(3)8-10-16)20-13-19(17)21(4,5)6;/h6-12,14-19H,1-5H3;7-9,12-14H,11H2,1-6H3;/q2*-1;/i;3D3,11D2;. The smallest absolute Gasteiger partial charge is 0.216 e. The van der Waals surface area contributed by atoms with Gasteiger partial charge in [-0.3, -0.25) is 4.98 Å². The average Bonchev–Trinajstić information content (AvgIpc) is 3.78. The number of rotatable bonds is 8. The molecule has 0 aliphatic rings. The Morgan fingerprint density at radius 1 is 0.842 bits per heavy atom. The van der Waals surface area contributed by atoms with E-state index >= 15 is 0 Å². The van der Waals surface area contributed by atoms with Crippen molar-refractivity contribution in [3.8, 4) is 28.3 Å². The van der Waals surface area contributed by atoms with E-state index in [9.17, 15) is 0 Å². The fraction of sp³-hybridized carbons (Fsp3) is 0.300. The molecule has 0 atom stereocenters. The van der Waals surface area contributed by atoms with Crippen LogP contribution in [0.15, 0.2) is 102 Å². The van der Waals surface area contributed by atoms with Crippen LogP contribution in [0.2, 0.25) is 19.6 Å². The molecule has 7 heteroatoms. The number of furan rings is 1. The summed E-state index contributed by atoms with van der Waals surface area (Å²) in [5.74, 6) is 1.38. The number of imidazole rings is 1. The first-order valence-electron chi connectivity index (χ1n) is 22.0. The largest absolute Gasteiger partial charge is 0.486 e. The molecule has 57 heavy (non-hydrogen) atoms. The number of hydrogen-bond donors (Lipinski definition) is 0. The van der Waals surface area contributed by atoms with Crippen molar-refractivity contribution in [1.29, 1.82) is 0 Å². The van der Waals surface area contributed by atoms with Crippen molar-refractivity contribution in [2.75, 3.05) is 0 Å². The van der Waals surface area contributed by atoms with E-state index in [1.54, 1.807) is 18.3 Å². The number of aromatic nitrogens is 4. The van der Waals surface area contributed by atoms with Crippen molar-refractivity contribution in [2.45, 2.75) is 93.2 Å². The van der Waals surface area contributed by atoms with Gasteiger partial charge in [0.25, 0.3) is 0 Å². The molecule has 0 N–H and O–H groups in total.